The number of hydrogen-bond donors (Lipinski definition) is 3. The first kappa shape index (κ1) is 17.7. The molecule has 0 aliphatic rings. The molecule has 0 unspecified atom stereocenters. The second kappa shape index (κ2) is 7.11. The summed E-state index contributed by atoms with van der Waals surface area (Å²) in [5.41, 5.74) is 16.5. The van der Waals surface area contributed by atoms with Crippen LogP contribution >= 0.6 is 0 Å². The van der Waals surface area contributed by atoms with E-state index in [4.69, 9.17) is 20.9 Å². The highest BCUT2D eigenvalue weighted by Crippen LogP contribution is 2.40. The second-order valence-corrected chi connectivity index (χ2v) is 6.47. The average molecular weight is 375 g/mol. The van der Waals surface area contributed by atoms with Crippen molar-refractivity contribution in [2.45, 2.75) is 6.42 Å². The quantitative estimate of drug-likeness (QED) is 0.493. The molecule has 0 saturated carbocycles. The van der Waals surface area contributed by atoms with Gasteiger partial charge in [-0.3, -0.25) is 0 Å². The Kier molecular flexibility index (Phi) is 4.49. The molecule has 0 fully saturated rings. The Labute approximate surface area is 162 Å². The van der Waals surface area contributed by atoms with E-state index in [9.17, 15) is 0 Å². The third-order valence-electron chi connectivity index (χ3n) is 4.71. The molecule has 5 N–H and O–H groups in total. The minimum Gasteiger partial charge on any atom is -0.493 e. The number of hydrogen-bond acceptors (Lipinski definition) is 6. The summed E-state index contributed by atoms with van der Waals surface area (Å²) in [5, 5.41) is 1.13. The van der Waals surface area contributed by atoms with Gasteiger partial charge in [0.05, 0.1) is 14.2 Å². The molecule has 0 aliphatic carbocycles. The molecule has 2 aromatic heterocycles. The van der Waals surface area contributed by atoms with Crippen molar-refractivity contribution in [2.75, 3.05) is 25.7 Å². The van der Waals surface area contributed by atoms with E-state index in [2.05, 4.69) is 39.2 Å². The Hall–Kier alpha value is -3.74. The molecule has 7 heteroatoms. The maximum Gasteiger partial charge on any atom is 0.221 e. The van der Waals surface area contributed by atoms with Gasteiger partial charge in [-0.25, -0.2) is 4.98 Å². The highest BCUT2D eigenvalue weighted by Gasteiger charge is 2.16. The zero-order valence-electron chi connectivity index (χ0n) is 15.7. The van der Waals surface area contributed by atoms with Crippen LogP contribution in [0.15, 0.2) is 48.8 Å². The van der Waals surface area contributed by atoms with Gasteiger partial charge in [0.2, 0.25) is 5.95 Å². The van der Waals surface area contributed by atoms with E-state index in [0.717, 1.165) is 33.2 Å². The van der Waals surface area contributed by atoms with Gasteiger partial charge in [-0.2, -0.15) is 4.98 Å². The van der Waals surface area contributed by atoms with Crippen LogP contribution in [-0.4, -0.2) is 29.2 Å². The number of ether oxygens (including phenoxy) is 2. The van der Waals surface area contributed by atoms with Gasteiger partial charge in [-0.15, -0.1) is 0 Å². The molecule has 0 aliphatic heterocycles. The molecule has 0 amide bonds. The predicted molar refractivity (Wildman–Crippen MR) is 111 cm³/mol. The Balaban J connectivity index is 1.83. The van der Waals surface area contributed by atoms with Crippen molar-refractivity contribution in [1.82, 2.24) is 15.0 Å². The lowest BCUT2D eigenvalue weighted by atomic mass is 9.97. The number of nitrogen functional groups attached to an aromatic ring is 2. The fourth-order valence-corrected chi connectivity index (χ4v) is 3.35. The maximum atomic E-state index is 6.00. The van der Waals surface area contributed by atoms with Crippen LogP contribution in [0.3, 0.4) is 0 Å². The Morgan fingerprint density at radius 2 is 1.89 bits per heavy atom. The number of anilines is 2. The van der Waals surface area contributed by atoms with Gasteiger partial charge < -0.3 is 25.9 Å². The molecule has 4 aromatic rings. The van der Waals surface area contributed by atoms with Crippen molar-refractivity contribution < 1.29 is 9.47 Å². The number of nitrogens with zero attached hydrogens (tertiary/aromatic N) is 2. The maximum absolute atomic E-state index is 6.00. The third kappa shape index (κ3) is 3.18. The summed E-state index contributed by atoms with van der Waals surface area (Å²) in [6.45, 7) is 0. The van der Waals surface area contributed by atoms with Crippen LogP contribution in [-0.2, 0) is 6.42 Å². The summed E-state index contributed by atoms with van der Waals surface area (Å²) in [5.74, 6) is 1.87. The number of nitrogens with one attached hydrogen (secondary N) is 1. The van der Waals surface area contributed by atoms with Crippen LogP contribution in [0.2, 0.25) is 0 Å². The average Bonchev–Trinajstić information content (AvgIpc) is 3.17. The molecule has 7 nitrogen and oxygen atoms in total. The summed E-state index contributed by atoms with van der Waals surface area (Å²) >= 11 is 0. The van der Waals surface area contributed by atoms with Crippen LogP contribution in [0.25, 0.3) is 22.0 Å². The van der Waals surface area contributed by atoms with E-state index in [1.54, 1.807) is 20.4 Å². The molecule has 0 atom stereocenters. The number of rotatable bonds is 5. The third-order valence-corrected chi connectivity index (χ3v) is 4.71. The van der Waals surface area contributed by atoms with Gasteiger partial charge in [0.1, 0.15) is 5.82 Å². The van der Waals surface area contributed by atoms with E-state index in [0.29, 0.717) is 23.7 Å². The zero-order valence-corrected chi connectivity index (χ0v) is 15.7. The lowest BCUT2D eigenvalue weighted by Crippen LogP contribution is -2.04. The predicted octanol–water partition coefficient (Wildman–Crippen LogP) is 3.40. The van der Waals surface area contributed by atoms with Crippen molar-refractivity contribution >= 4 is 22.7 Å². The van der Waals surface area contributed by atoms with Gasteiger partial charge in [-0.05, 0) is 46.8 Å². The van der Waals surface area contributed by atoms with Crippen molar-refractivity contribution in [1.29, 1.82) is 0 Å². The van der Waals surface area contributed by atoms with E-state index in [-0.39, 0.29) is 5.95 Å². The van der Waals surface area contributed by atoms with Crippen molar-refractivity contribution in [3.05, 3.63) is 59.9 Å². The van der Waals surface area contributed by atoms with Gasteiger partial charge in [0.25, 0.3) is 0 Å². The number of nitrogens with two attached hydrogens (primary N) is 2. The molecule has 28 heavy (non-hydrogen) atoms. The summed E-state index contributed by atoms with van der Waals surface area (Å²) in [4.78, 5) is 11.3. The molecule has 4 rings (SSSR count). The molecule has 142 valence electrons. The molecule has 0 saturated heterocycles. The molecule has 0 spiro atoms. The van der Waals surface area contributed by atoms with Crippen molar-refractivity contribution in [3.8, 4) is 22.6 Å². The summed E-state index contributed by atoms with van der Waals surface area (Å²) in [6.07, 6.45) is 4.12. The first-order valence-corrected chi connectivity index (χ1v) is 8.78. The highest BCUT2D eigenvalue weighted by molar-refractivity contribution is 5.87. The van der Waals surface area contributed by atoms with Crippen LogP contribution in [0.4, 0.5) is 11.8 Å². The highest BCUT2D eigenvalue weighted by atomic mass is 16.5. The summed E-state index contributed by atoms with van der Waals surface area (Å²) in [6, 6.07) is 12.3. The second-order valence-electron chi connectivity index (χ2n) is 6.47. The van der Waals surface area contributed by atoms with E-state index in [1.165, 1.54) is 0 Å². The van der Waals surface area contributed by atoms with Crippen molar-refractivity contribution in [2.24, 2.45) is 0 Å². The first-order valence-electron chi connectivity index (χ1n) is 8.78. The van der Waals surface area contributed by atoms with E-state index >= 15 is 0 Å². The smallest absolute Gasteiger partial charge is 0.221 e. The monoisotopic (exact) mass is 375 g/mol. The standard InChI is InChI=1S/C21H21N5O2/c1-27-18-9-12(7-15-11-25-21(23)26-20(15)22)8-16(19(18)28-2)13-3-4-17-14(10-13)5-6-24-17/h3-6,8-11,24H,7H2,1-2H3,(H4,22,23,25,26). The van der Waals surface area contributed by atoms with Crippen LogP contribution in [0.5, 0.6) is 11.5 Å². The number of benzene rings is 2. The van der Waals surface area contributed by atoms with E-state index in [1.807, 2.05) is 18.3 Å². The Morgan fingerprint density at radius 1 is 1.04 bits per heavy atom. The minimum absolute atomic E-state index is 0.161. The number of H-pyrrole nitrogens is 1. The lowest BCUT2D eigenvalue weighted by Gasteiger charge is -2.16. The topological polar surface area (TPSA) is 112 Å². The van der Waals surface area contributed by atoms with Crippen LogP contribution < -0.4 is 20.9 Å². The van der Waals surface area contributed by atoms with Gasteiger partial charge >= 0.3 is 0 Å². The summed E-state index contributed by atoms with van der Waals surface area (Å²) in [7, 11) is 3.27. The minimum atomic E-state index is 0.161. The number of fused-ring (bicyclic) bond motifs is 1. The molecule has 0 bridgehead atoms. The zero-order chi connectivity index (χ0) is 19.7. The largest absolute Gasteiger partial charge is 0.493 e. The number of methoxy groups -OCH3 is 2. The lowest BCUT2D eigenvalue weighted by molar-refractivity contribution is 0.356. The Morgan fingerprint density at radius 3 is 2.64 bits per heavy atom. The fraction of sp³-hybridized carbons (Fsp3) is 0.143. The molecule has 2 heterocycles. The van der Waals surface area contributed by atoms with Crippen LogP contribution in [0, 0.1) is 0 Å². The SMILES string of the molecule is COc1cc(Cc2cnc(N)nc2N)cc(-c2ccc3[nH]ccc3c2)c1OC. The Bertz CT molecular complexity index is 1150. The molecule has 2 aromatic carbocycles. The van der Waals surface area contributed by atoms with E-state index < -0.39 is 0 Å². The van der Waals surface area contributed by atoms with Gasteiger partial charge in [-0.1, -0.05) is 6.07 Å². The number of aromatic amines is 1. The van der Waals surface area contributed by atoms with Gasteiger partial charge in [0.15, 0.2) is 11.5 Å². The van der Waals surface area contributed by atoms with Crippen molar-refractivity contribution in [3.63, 3.8) is 0 Å². The van der Waals surface area contributed by atoms with Gasteiger partial charge in [0, 0.05) is 35.5 Å². The number of aromatic nitrogens is 3. The molecular formula is C21H21N5O2. The molecular weight excluding hydrogens is 354 g/mol. The first-order chi connectivity index (χ1) is 13.6. The fourth-order valence-electron chi connectivity index (χ4n) is 3.35. The molecule has 0 radical (unpaired) electrons. The normalized spacial score (nSPS) is 10.9. The summed E-state index contributed by atoms with van der Waals surface area (Å²) < 4.78 is 11.2. The van der Waals surface area contributed by atoms with Crippen LogP contribution in [0.1, 0.15) is 11.1 Å².